The molecule has 0 rings (SSSR count). The molecule has 0 radical (unpaired) electrons. The van der Waals surface area contributed by atoms with Gasteiger partial charge in [0.25, 0.3) is 0 Å². The Kier molecular flexibility index (Phi) is 43.7. The summed E-state index contributed by atoms with van der Waals surface area (Å²) in [4.78, 5) is 21.8. The van der Waals surface area contributed by atoms with Gasteiger partial charge in [0.2, 0.25) is 5.91 Å². The number of aliphatic carboxylic acids is 1. The summed E-state index contributed by atoms with van der Waals surface area (Å²) < 4.78 is 70.5. The van der Waals surface area contributed by atoms with Gasteiger partial charge in [-0.2, -0.15) is 0 Å². The highest BCUT2D eigenvalue weighted by molar-refractivity contribution is 6.17. The zero-order valence-corrected chi connectivity index (χ0v) is 31.1. The minimum Gasteiger partial charge on any atom is -0.481 e. The third-order valence-corrected chi connectivity index (χ3v) is 6.19. The van der Waals surface area contributed by atoms with Crippen molar-refractivity contribution in [3.63, 3.8) is 0 Å². The van der Waals surface area contributed by atoms with Crippen LogP contribution in [0.4, 0.5) is 0 Å². The van der Waals surface area contributed by atoms with E-state index in [-0.39, 0.29) is 18.7 Å². The first kappa shape index (κ1) is 49.7. The molecule has 51 heavy (non-hydrogen) atoms. The van der Waals surface area contributed by atoms with Crippen molar-refractivity contribution in [2.24, 2.45) is 0 Å². The van der Waals surface area contributed by atoms with E-state index in [1.165, 1.54) is 0 Å². The molecule has 2 N–H and O–H groups in total. The van der Waals surface area contributed by atoms with Gasteiger partial charge in [-0.25, -0.2) is 0 Å². The van der Waals surface area contributed by atoms with Gasteiger partial charge in [0, 0.05) is 25.5 Å². The fourth-order valence-electron chi connectivity index (χ4n) is 3.51. The van der Waals surface area contributed by atoms with Crippen molar-refractivity contribution in [1.82, 2.24) is 5.32 Å². The van der Waals surface area contributed by atoms with Crippen LogP contribution < -0.4 is 5.32 Å². The number of carbonyl (C=O) groups is 2. The minimum absolute atomic E-state index is 0.0121. The van der Waals surface area contributed by atoms with Gasteiger partial charge in [-0.1, -0.05) is 0 Å². The van der Waals surface area contributed by atoms with Crippen molar-refractivity contribution in [2.75, 3.05) is 184 Å². The molecule has 304 valence electrons. The molecule has 0 bridgehead atoms. The number of carboxylic acid groups (broad SMARTS) is 1. The topological polar surface area (TPSA) is 186 Å². The molecule has 0 fully saturated rings. The fourth-order valence-corrected chi connectivity index (χ4v) is 3.62. The van der Waals surface area contributed by atoms with Crippen molar-refractivity contribution in [3.8, 4) is 0 Å². The number of hydrogen-bond acceptors (Lipinski definition) is 15. The summed E-state index contributed by atoms with van der Waals surface area (Å²) in [5.74, 6) is -0.762. The molecule has 0 aromatic carbocycles. The second-order valence-corrected chi connectivity index (χ2v) is 10.6. The van der Waals surface area contributed by atoms with Gasteiger partial charge in [0.1, 0.15) is 0 Å². The molecule has 1 amide bonds. The van der Waals surface area contributed by atoms with Gasteiger partial charge < -0.3 is 72.0 Å². The van der Waals surface area contributed by atoms with Crippen LogP contribution in [0.25, 0.3) is 0 Å². The van der Waals surface area contributed by atoms with E-state index in [2.05, 4.69) is 5.32 Å². The smallest absolute Gasteiger partial charge is 0.303 e. The van der Waals surface area contributed by atoms with E-state index in [0.717, 1.165) is 0 Å². The fraction of sp³-hybridized carbons (Fsp3) is 0.939. The monoisotopic (exact) mass is 765 g/mol. The Balaban J connectivity index is 3.08. The summed E-state index contributed by atoms with van der Waals surface area (Å²) in [7, 11) is 0. The number of alkyl halides is 1. The van der Waals surface area contributed by atoms with E-state index in [0.29, 0.717) is 191 Å². The molecular formula is C33H64ClNO16. The molecule has 18 heteroatoms. The third-order valence-electron chi connectivity index (χ3n) is 6.04. The number of carbonyl (C=O) groups excluding carboxylic acids is 1. The number of nitrogens with one attached hydrogen (secondary N) is 1. The molecule has 0 aliphatic rings. The van der Waals surface area contributed by atoms with Gasteiger partial charge >= 0.3 is 5.97 Å². The standard InChI is InChI=1S/C33H64ClNO16/c34-4-7-40-9-11-42-13-15-44-17-19-46-21-23-48-25-27-50-29-31-51-30-28-49-26-24-47-22-20-45-18-16-43-14-12-41-10-8-39-6-1-5-35-32(36)2-3-33(37)38/h1-31H2,(H,35,36)(H,37,38). The lowest BCUT2D eigenvalue weighted by Crippen LogP contribution is -2.25. The summed E-state index contributed by atoms with van der Waals surface area (Å²) in [5.41, 5.74) is 0. The van der Waals surface area contributed by atoms with Gasteiger partial charge in [0.15, 0.2) is 0 Å². The van der Waals surface area contributed by atoms with Crippen molar-refractivity contribution < 1.29 is 76.3 Å². The van der Waals surface area contributed by atoms with Crippen LogP contribution in [-0.2, 0) is 71.2 Å². The van der Waals surface area contributed by atoms with E-state index < -0.39 is 5.97 Å². The Morgan fingerprint density at radius 2 is 0.608 bits per heavy atom. The van der Waals surface area contributed by atoms with Crippen LogP contribution in [0.2, 0.25) is 0 Å². The summed E-state index contributed by atoms with van der Waals surface area (Å²) in [6, 6.07) is 0. The summed E-state index contributed by atoms with van der Waals surface area (Å²) in [5, 5.41) is 11.2. The molecule has 0 aromatic heterocycles. The first-order valence-electron chi connectivity index (χ1n) is 17.7. The van der Waals surface area contributed by atoms with Crippen LogP contribution in [0.15, 0.2) is 0 Å². The number of ether oxygens (including phenoxy) is 13. The van der Waals surface area contributed by atoms with E-state index in [1.54, 1.807) is 0 Å². The zero-order chi connectivity index (χ0) is 37.0. The van der Waals surface area contributed by atoms with Crippen molar-refractivity contribution in [2.45, 2.75) is 19.3 Å². The summed E-state index contributed by atoms with van der Waals surface area (Å²) in [6.07, 6.45) is 0.471. The van der Waals surface area contributed by atoms with Crippen LogP contribution in [0.3, 0.4) is 0 Å². The minimum atomic E-state index is -0.984. The predicted octanol–water partition coefficient (Wildman–Crippen LogP) is 0.812. The quantitative estimate of drug-likeness (QED) is 0.0655. The van der Waals surface area contributed by atoms with Gasteiger partial charge in [-0.15, -0.1) is 11.6 Å². The maximum absolute atomic E-state index is 11.4. The maximum atomic E-state index is 11.4. The molecule has 0 aromatic rings. The van der Waals surface area contributed by atoms with E-state index in [9.17, 15) is 9.59 Å². The average Bonchev–Trinajstić information content (AvgIpc) is 3.12. The molecular weight excluding hydrogens is 702 g/mol. The maximum Gasteiger partial charge on any atom is 0.303 e. The second kappa shape index (κ2) is 44.9. The lowest BCUT2D eigenvalue weighted by atomic mass is 10.3. The highest BCUT2D eigenvalue weighted by Gasteiger charge is 2.04. The summed E-state index contributed by atoms with van der Waals surface area (Å²) in [6.45, 7) is 13.3. The Labute approximate surface area is 308 Å². The lowest BCUT2D eigenvalue weighted by molar-refractivity contribution is -0.138. The van der Waals surface area contributed by atoms with Crippen molar-refractivity contribution in [1.29, 1.82) is 0 Å². The molecule has 0 heterocycles. The van der Waals surface area contributed by atoms with E-state index in [4.69, 9.17) is 78.3 Å². The Morgan fingerprint density at radius 1 is 0.373 bits per heavy atom. The highest BCUT2D eigenvalue weighted by atomic mass is 35.5. The normalized spacial score (nSPS) is 11.4. The van der Waals surface area contributed by atoms with E-state index in [1.807, 2.05) is 0 Å². The number of halogens is 1. The average molecular weight is 766 g/mol. The SMILES string of the molecule is O=C(O)CCC(=O)NCCCOCCOCCOCCOCCOCCOCCOCCOCCOCCOCCOCCOCCOCCCl. The van der Waals surface area contributed by atoms with Crippen LogP contribution in [0, 0.1) is 0 Å². The molecule has 0 spiro atoms. The first-order valence-corrected chi connectivity index (χ1v) is 18.2. The molecule has 0 aliphatic heterocycles. The molecule has 0 saturated heterocycles. The predicted molar refractivity (Wildman–Crippen MR) is 186 cm³/mol. The Hall–Kier alpha value is -1.29. The highest BCUT2D eigenvalue weighted by Crippen LogP contribution is 1.91. The van der Waals surface area contributed by atoms with Gasteiger partial charge in [-0.3, -0.25) is 9.59 Å². The Bertz CT molecular complexity index is 716. The Morgan fingerprint density at radius 3 is 0.843 bits per heavy atom. The number of amides is 1. The molecule has 0 saturated carbocycles. The van der Waals surface area contributed by atoms with Crippen LogP contribution in [0.1, 0.15) is 19.3 Å². The van der Waals surface area contributed by atoms with Gasteiger partial charge in [0.05, 0.1) is 172 Å². The van der Waals surface area contributed by atoms with Crippen molar-refractivity contribution in [3.05, 3.63) is 0 Å². The molecule has 17 nitrogen and oxygen atoms in total. The van der Waals surface area contributed by atoms with Crippen LogP contribution >= 0.6 is 11.6 Å². The first-order chi connectivity index (χ1) is 25.2. The molecule has 0 aliphatic carbocycles. The van der Waals surface area contributed by atoms with E-state index >= 15 is 0 Å². The largest absolute Gasteiger partial charge is 0.481 e. The van der Waals surface area contributed by atoms with Crippen LogP contribution in [-0.4, -0.2) is 201 Å². The van der Waals surface area contributed by atoms with Crippen LogP contribution in [0.5, 0.6) is 0 Å². The lowest BCUT2D eigenvalue weighted by Gasteiger charge is -2.09. The van der Waals surface area contributed by atoms with Gasteiger partial charge in [-0.05, 0) is 6.42 Å². The number of carboxylic acids is 1. The third kappa shape index (κ3) is 46.7. The van der Waals surface area contributed by atoms with Crippen molar-refractivity contribution >= 4 is 23.5 Å². The number of rotatable bonds is 45. The number of hydrogen-bond donors (Lipinski definition) is 2. The second-order valence-electron chi connectivity index (χ2n) is 10.2. The molecule has 0 unspecified atom stereocenters. The molecule has 0 atom stereocenters. The summed E-state index contributed by atoms with van der Waals surface area (Å²) >= 11 is 5.51. The zero-order valence-electron chi connectivity index (χ0n) is 30.4.